The Balaban J connectivity index is 0.00000144. The number of hydrogen-bond acceptors (Lipinski definition) is 2. The van der Waals surface area contributed by atoms with E-state index in [1.165, 1.54) is 0 Å². The lowest BCUT2D eigenvalue weighted by Crippen LogP contribution is -3.00. The van der Waals surface area contributed by atoms with Crippen LogP contribution in [0.2, 0.25) is 0 Å². The number of aromatic nitrogens is 2. The molecule has 1 rings (SSSR count). The molecule has 0 N–H and O–H groups in total. The van der Waals surface area contributed by atoms with Gasteiger partial charge in [0.05, 0.1) is 12.5 Å². The summed E-state index contributed by atoms with van der Waals surface area (Å²) < 4.78 is 3.66. The highest BCUT2D eigenvalue weighted by molar-refractivity contribution is 4.76. The molecule has 0 aromatic carbocycles. The van der Waals surface area contributed by atoms with E-state index in [2.05, 4.69) is 6.07 Å². The standard InChI is InChI=1S/C8H9N4.ClH/c9-2-1-4-11-6-7-12(8-11)5-3-10;/h6-8H,1,4-5H2;1H/q+1;/p-1. The first-order chi connectivity index (χ1) is 5.86. The number of rotatable bonds is 3. The molecule has 0 atom stereocenters. The Morgan fingerprint density at radius 1 is 1.31 bits per heavy atom. The first-order valence-electron chi connectivity index (χ1n) is 3.65. The maximum atomic E-state index is 8.37. The maximum absolute atomic E-state index is 8.37. The zero-order chi connectivity index (χ0) is 8.81. The van der Waals surface area contributed by atoms with E-state index in [1.54, 1.807) is 4.57 Å². The van der Waals surface area contributed by atoms with E-state index in [0.717, 1.165) is 0 Å². The molecule has 68 valence electrons. The van der Waals surface area contributed by atoms with Crippen molar-refractivity contribution in [3.05, 3.63) is 18.7 Å². The lowest BCUT2D eigenvalue weighted by Gasteiger charge is -1.86. The fourth-order valence-corrected chi connectivity index (χ4v) is 0.925. The van der Waals surface area contributed by atoms with Crippen LogP contribution in [0.15, 0.2) is 18.7 Å². The number of nitriles is 2. The van der Waals surface area contributed by atoms with Crippen LogP contribution in [0.1, 0.15) is 6.42 Å². The fraction of sp³-hybridized carbons (Fsp3) is 0.375. The van der Waals surface area contributed by atoms with Gasteiger partial charge in [0.2, 0.25) is 6.33 Å². The van der Waals surface area contributed by atoms with Gasteiger partial charge in [0.15, 0.2) is 6.54 Å². The minimum atomic E-state index is 0. The fourth-order valence-electron chi connectivity index (χ4n) is 0.925. The van der Waals surface area contributed by atoms with Crippen molar-refractivity contribution in [3.8, 4) is 12.1 Å². The Hall–Kier alpha value is -1.52. The minimum absolute atomic E-state index is 0. The van der Waals surface area contributed by atoms with E-state index in [0.29, 0.717) is 19.5 Å². The molecule has 0 aliphatic heterocycles. The van der Waals surface area contributed by atoms with E-state index >= 15 is 0 Å². The molecule has 1 aromatic rings. The van der Waals surface area contributed by atoms with Gasteiger partial charge in [0, 0.05) is 0 Å². The molecule has 0 aliphatic carbocycles. The van der Waals surface area contributed by atoms with Crippen LogP contribution in [0.5, 0.6) is 0 Å². The van der Waals surface area contributed by atoms with Crippen LogP contribution < -0.4 is 17.0 Å². The monoisotopic (exact) mass is 196 g/mol. The average molecular weight is 197 g/mol. The normalized spacial score (nSPS) is 8.15. The summed E-state index contributed by atoms with van der Waals surface area (Å²) in [5, 5.41) is 16.7. The Kier molecular flexibility index (Phi) is 5.34. The number of nitrogens with zero attached hydrogens (tertiary/aromatic N) is 4. The molecule has 0 radical (unpaired) electrons. The first-order valence-corrected chi connectivity index (χ1v) is 3.65. The van der Waals surface area contributed by atoms with Gasteiger partial charge in [0.25, 0.3) is 0 Å². The van der Waals surface area contributed by atoms with E-state index in [4.69, 9.17) is 10.5 Å². The molecule has 0 amide bonds. The molecular weight excluding hydrogens is 188 g/mol. The third-order valence-corrected chi connectivity index (χ3v) is 1.48. The topological polar surface area (TPSA) is 56.4 Å². The van der Waals surface area contributed by atoms with Crippen molar-refractivity contribution < 1.29 is 17.0 Å². The van der Waals surface area contributed by atoms with Crippen molar-refractivity contribution in [2.24, 2.45) is 0 Å². The molecule has 0 spiro atoms. The summed E-state index contributed by atoms with van der Waals surface area (Å²) in [4.78, 5) is 0. The largest absolute Gasteiger partial charge is 1.00 e. The first kappa shape index (κ1) is 11.5. The zero-order valence-electron chi connectivity index (χ0n) is 7.02. The van der Waals surface area contributed by atoms with Crippen LogP contribution in [-0.2, 0) is 13.1 Å². The Morgan fingerprint density at radius 3 is 2.69 bits per heavy atom. The Morgan fingerprint density at radius 2 is 2.08 bits per heavy atom. The van der Waals surface area contributed by atoms with Gasteiger partial charge in [-0.2, -0.15) is 10.5 Å². The molecule has 5 heteroatoms. The van der Waals surface area contributed by atoms with Crippen molar-refractivity contribution in [1.29, 1.82) is 10.5 Å². The predicted octanol–water partition coefficient (Wildman–Crippen LogP) is -2.78. The SMILES string of the molecule is N#CCC[n+]1ccn(CC#N)c1.[Cl-]. The summed E-state index contributed by atoms with van der Waals surface area (Å²) in [6.07, 6.45) is 6.00. The van der Waals surface area contributed by atoms with Crippen molar-refractivity contribution in [1.82, 2.24) is 4.57 Å². The number of hydrogen-bond donors (Lipinski definition) is 0. The van der Waals surface area contributed by atoms with Crippen molar-refractivity contribution >= 4 is 0 Å². The second-order valence-corrected chi connectivity index (χ2v) is 2.39. The van der Waals surface area contributed by atoms with Gasteiger partial charge in [0.1, 0.15) is 25.0 Å². The molecule has 1 aromatic heterocycles. The van der Waals surface area contributed by atoms with Crippen LogP contribution in [0.25, 0.3) is 0 Å². The number of imidazole rings is 1. The van der Waals surface area contributed by atoms with Crippen molar-refractivity contribution in [3.63, 3.8) is 0 Å². The molecule has 4 nitrogen and oxygen atoms in total. The van der Waals surface area contributed by atoms with Crippen LogP contribution in [-0.4, -0.2) is 4.57 Å². The molecule has 1 heterocycles. The van der Waals surface area contributed by atoms with E-state index < -0.39 is 0 Å². The van der Waals surface area contributed by atoms with Crippen LogP contribution >= 0.6 is 0 Å². The zero-order valence-corrected chi connectivity index (χ0v) is 7.78. The molecule has 0 unspecified atom stereocenters. The summed E-state index contributed by atoms with van der Waals surface area (Å²) >= 11 is 0. The number of halogens is 1. The molecule has 0 aliphatic rings. The summed E-state index contributed by atoms with van der Waals surface area (Å²) in [5.74, 6) is 0. The van der Waals surface area contributed by atoms with Gasteiger partial charge in [-0.25, -0.2) is 9.13 Å². The Bertz CT molecular complexity index is 331. The Labute approximate surface area is 83.0 Å². The van der Waals surface area contributed by atoms with Crippen molar-refractivity contribution in [2.45, 2.75) is 19.5 Å². The van der Waals surface area contributed by atoms with Crippen LogP contribution in [0.4, 0.5) is 0 Å². The van der Waals surface area contributed by atoms with E-state index in [9.17, 15) is 0 Å². The second kappa shape index (κ2) is 6.05. The maximum Gasteiger partial charge on any atom is 0.244 e. The second-order valence-electron chi connectivity index (χ2n) is 2.39. The predicted molar refractivity (Wildman–Crippen MR) is 40.5 cm³/mol. The molecular formula is C8H9ClN4. The van der Waals surface area contributed by atoms with Gasteiger partial charge >= 0.3 is 0 Å². The average Bonchev–Trinajstić information content (AvgIpc) is 2.50. The summed E-state index contributed by atoms with van der Waals surface area (Å²) in [5.41, 5.74) is 0. The smallest absolute Gasteiger partial charge is 0.244 e. The quantitative estimate of drug-likeness (QED) is 0.491. The van der Waals surface area contributed by atoms with Gasteiger partial charge < -0.3 is 12.4 Å². The lowest BCUT2D eigenvalue weighted by atomic mass is 10.5. The molecule has 0 fully saturated rings. The van der Waals surface area contributed by atoms with Crippen molar-refractivity contribution in [2.75, 3.05) is 0 Å². The number of aryl methyl sites for hydroxylation is 1. The van der Waals surface area contributed by atoms with Crippen LogP contribution in [0, 0.1) is 22.7 Å². The van der Waals surface area contributed by atoms with Gasteiger partial charge in [-0.05, 0) is 0 Å². The highest BCUT2D eigenvalue weighted by Crippen LogP contribution is 1.84. The third-order valence-electron chi connectivity index (χ3n) is 1.48. The van der Waals surface area contributed by atoms with Gasteiger partial charge in [-0.1, -0.05) is 0 Å². The summed E-state index contributed by atoms with van der Waals surface area (Å²) in [6.45, 7) is 1.05. The van der Waals surface area contributed by atoms with E-state index in [1.807, 2.05) is 29.4 Å². The third kappa shape index (κ3) is 3.59. The molecule has 0 saturated heterocycles. The molecule has 13 heavy (non-hydrogen) atoms. The lowest BCUT2D eigenvalue weighted by molar-refractivity contribution is -0.695. The molecule has 0 saturated carbocycles. The highest BCUT2D eigenvalue weighted by Gasteiger charge is 2.00. The van der Waals surface area contributed by atoms with E-state index in [-0.39, 0.29) is 12.4 Å². The minimum Gasteiger partial charge on any atom is -1.00 e. The van der Waals surface area contributed by atoms with Crippen LogP contribution in [0.3, 0.4) is 0 Å². The van der Waals surface area contributed by atoms with Gasteiger partial charge in [-0.15, -0.1) is 0 Å². The summed E-state index contributed by atoms with van der Waals surface area (Å²) in [6, 6.07) is 4.10. The van der Waals surface area contributed by atoms with Gasteiger partial charge in [-0.3, -0.25) is 0 Å². The molecule has 0 bridgehead atoms. The highest BCUT2D eigenvalue weighted by atomic mass is 35.5. The summed E-state index contributed by atoms with van der Waals surface area (Å²) in [7, 11) is 0.